The molecule has 6 aliphatic heterocycles. The van der Waals surface area contributed by atoms with Gasteiger partial charge in [-0.1, -0.05) is 144 Å². The predicted octanol–water partition coefficient (Wildman–Crippen LogP) is 5.81. The Kier molecular flexibility index (Phi) is 81.1. The van der Waals surface area contributed by atoms with Crippen molar-refractivity contribution in [2.75, 3.05) is 231 Å². The number of aliphatic hydroxyl groups excluding tert-OH is 9. The summed E-state index contributed by atoms with van der Waals surface area (Å²) >= 11 is 3.36. The number of alkyl halides is 1. The first-order valence-electron chi connectivity index (χ1n) is 41.2. The molecule has 0 radical (unpaired) electrons. The Hall–Kier alpha value is -5.66. The van der Waals surface area contributed by atoms with Crippen LogP contribution < -0.4 is 51.4 Å². The third kappa shape index (κ3) is 59.0. The maximum atomic E-state index is 9.62. The summed E-state index contributed by atoms with van der Waals surface area (Å²) in [5.41, 5.74) is 0.736. The van der Waals surface area contributed by atoms with Crippen LogP contribution in [0.25, 0.3) is 9.69 Å². The molecule has 0 unspecified atom stereocenters. The summed E-state index contributed by atoms with van der Waals surface area (Å²) in [5.74, 6) is -2.53. The summed E-state index contributed by atoms with van der Waals surface area (Å²) < 4.78 is 98.4. The van der Waals surface area contributed by atoms with Crippen molar-refractivity contribution in [3.63, 3.8) is 0 Å². The Morgan fingerprint density at radius 2 is 0.667 bits per heavy atom. The Labute approximate surface area is 819 Å². The number of benzene rings is 4. The molecule has 6 saturated heterocycles. The zero-order valence-electron chi connectivity index (χ0n) is 76.0. The van der Waals surface area contributed by atoms with Crippen molar-refractivity contribution >= 4 is 28.3 Å². The Bertz CT molecular complexity index is 3450. The molecule has 6 heterocycles. The minimum absolute atomic E-state index is 0. The molecule has 0 spiro atoms. The number of hydrogen-bond donors (Lipinski definition) is 9. The molecule has 4 bridgehead atoms. The molecule has 10 N–H and O–H groups in total. The topological polar surface area (TPSA) is 506 Å². The summed E-state index contributed by atoms with van der Waals surface area (Å²) in [6, 6.07) is 49.6. The van der Waals surface area contributed by atoms with E-state index in [9.17, 15) is 5.11 Å². The van der Waals surface area contributed by atoms with Crippen molar-refractivity contribution in [1.82, 2.24) is 0 Å². The van der Waals surface area contributed by atoms with Crippen molar-refractivity contribution in [3.8, 4) is 30.3 Å². The van der Waals surface area contributed by atoms with Gasteiger partial charge in [-0.05, 0) is 43.0 Å². The largest absolute Gasteiger partial charge is 1.00 e. The van der Waals surface area contributed by atoms with Crippen molar-refractivity contribution in [2.45, 2.75) is 110 Å². The first kappa shape index (κ1) is 130. The van der Waals surface area contributed by atoms with Gasteiger partial charge in [-0.3, -0.25) is 0 Å². The third-order valence-electron chi connectivity index (χ3n) is 18.3. The van der Waals surface area contributed by atoms with Crippen LogP contribution in [0.5, 0.6) is 0 Å². The van der Waals surface area contributed by atoms with Crippen LogP contribution in [0.4, 0.5) is 0 Å². The standard InChI is InChI=1S/C21H27N3O4.C14H21N3O4.C14H18O4.C12H18O4.C8H18O3.C7H7Br.C7H12O4.C5H12O4.C3H3N.ClH.K.H2O/c1-24-11-14-27-18-21(16-25-12-5-9-22,17-26-13-6-10-23)19-28-15-20-7-3-2-4-8-20;1-17-6-9-21-13-14(10-18,11-19-7-2-4-15)12-20-8-3-5-16;1-13-16-9-14(10-17-13,11-18-13)8-15-7-12-5-3-2-4-6-12;13-7-12(8-14,9-15)10-16-6-11-4-2-1-3-5-11;1-5-9-8(4,10-6-2)11-7-3;8-6-7-4-2-1-3-5-7;1-6-9-3-7(2-8,4-10-6)5-11-6;6-1-5(2-7,3-8)4-9;1-2-3-4;;;/h2-4,7-8H,5-6,11-19H2;18H,2-3,6-13H2;2-6H,7-11H2,1H3;1-5,13-15H,6-10H2;5-7H2,1-4H3;1-5H,6H2;8H,2-5H2,1H3;6-9H,1-4H2;2H,1H2;1H;;1H2/q;;;;;;;;;;+1;/p-1. The second kappa shape index (κ2) is 80.8. The van der Waals surface area contributed by atoms with E-state index in [1.807, 2.05) is 130 Å². The maximum absolute atomic E-state index is 9.62. The number of nitrogens with zero attached hydrogens (tertiary/aromatic N) is 7. The van der Waals surface area contributed by atoms with E-state index < -0.39 is 66.0 Å². The third-order valence-corrected chi connectivity index (χ3v) is 19.0. The van der Waals surface area contributed by atoms with Crippen LogP contribution in [-0.2, 0) is 110 Å². The Morgan fingerprint density at radius 3 is 0.907 bits per heavy atom. The van der Waals surface area contributed by atoms with Gasteiger partial charge in [0, 0.05) is 52.0 Å². The zero-order valence-corrected chi connectivity index (χ0v) is 81.5. The molecule has 0 aliphatic carbocycles. The van der Waals surface area contributed by atoms with E-state index in [1.54, 1.807) is 26.8 Å². The van der Waals surface area contributed by atoms with Gasteiger partial charge in [0.2, 0.25) is 13.1 Å². The first-order valence-corrected chi connectivity index (χ1v) is 42.3. The molecule has 38 heteroatoms. The molecule has 4 aromatic rings. The number of nitriles is 5. The summed E-state index contributed by atoms with van der Waals surface area (Å²) in [6.45, 7) is 36.7. The molecule has 720 valence electrons. The van der Waals surface area contributed by atoms with E-state index in [2.05, 4.69) is 68.6 Å². The molecule has 6 fully saturated rings. The smallest absolute Gasteiger partial charge is 0.870 e. The molecule has 0 aromatic heterocycles. The van der Waals surface area contributed by atoms with Gasteiger partial charge in [0.05, 0.1) is 293 Å². The van der Waals surface area contributed by atoms with E-state index in [4.69, 9.17) is 166 Å². The number of ether oxygens (including phenoxy) is 18. The molecule has 35 nitrogen and oxygen atoms in total. The molecule has 0 saturated carbocycles. The van der Waals surface area contributed by atoms with Crippen LogP contribution in [0, 0.1) is 102 Å². The van der Waals surface area contributed by atoms with E-state index in [0.29, 0.717) is 145 Å². The zero-order chi connectivity index (χ0) is 93.7. The fourth-order valence-corrected chi connectivity index (χ4v) is 10.7. The van der Waals surface area contributed by atoms with Crippen LogP contribution in [-0.4, -0.2) is 300 Å². The monoisotopic (exact) mass is 1930 g/mol. The fraction of sp³-hybridized carbons (Fsp3) is 0.637. The molecule has 0 atom stereocenters. The predicted molar refractivity (Wildman–Crippen MR) is 475 cm³/mol. The van der Waals surface area contributed by atoms with Crippen molar-refractivity contribution in [3.05, 3.63) is 179 Å². The average molecular weight is 1930 g/mol. The SMILES string of the molecule is BrCc1ccccc1.C=CC#N.CC12OCC(CO)(CO1)CO2.CC12OCC(COCc3ccccc3)(CO1)CO2.CCOC(C)(OCC)OCC.Cl.OCC(CO)(CO)CO.OCC(CO)(CO)COCc1ccccc1.[C-]#[N+]CCOCC(CO)(COCCC#N)COCCC#N.[C-]#[N+]CCOCC(COCCC#N)(COCCC#N)COCc1ccccc1.[K+].[OH-]. The normalized spacial score (nSPS) is 17.1. The first-order chi connectivity index (χ1) is 60.9. The fourth-order valence-electron chi connectivity index (χ4n) is 10.3. The number of aliphatic hydroxyl groups is 9. The summed E-state index contributed by atoms with van der Waals surface area (Å²) in [5, 5.41) is 123. The van der Waals surface area contributed by atoms with Gasteiger partial charge in [-0.25, -0.2) is 13.1 Å². The van der Waals surface area contributed by atoms with Gasteiger partial charge >= 0.3 is 51.4 Å². The van der Waals surface area contributed by atoms with Crippen LogP contribution in [0.3, 0.4) is 0 Å². The van der Waals surface area contributed by atoms with Gasteiger partial charge in [-0.2, -0.15) is 26.3 Å². The van der Waals surface area contributed by atoms with E-state index >= 15 is 0 Å². The van der Waals surface area contributed by atoms with Crippen LogP contribution in [0.2, 0.25) is 0 Å². The summed E-state index contributed by atoms with van der Waals surface area (Å²) in [4.78, 5) is 6.47. The van der Waals surface area contributed by atoms with Crippen molar-refractivity contribution in [2.24, 2.45) is 32.5 Å². The van der Waals surface area contributed by atoms with Gasteiger partial charge in [0.25, 0.3) is 17.9 Å². The molecular weight excluding hydrogens is 1790 g/mol. The second-order valence-electron chi connectivity index (χ2n) is 29.6. The van der Waals surface area contributed by atoms with Crippen molar-refractivity contribution < 1.29 is 188 Å². The van der Waals surface area contributed by atoms with Gasteiger partial charge in [0.15, 0.2) is 0 Å². The molecule has 0 amide bonds. The van der Waals surface area contributed by atoms with E-state index in [1.165, 1.54) is 17.2 Å². The summed E-state index contributed by atoms with van der Waals surface area (Å²) in [7, 11) is 0. The van der Waals surface area contributed by atoms with Gasteiger partial charge in [0.1, 0.15) is 13.2 Å². The molecule has 6 aliphatic rings. The Morgan fingerprint density at radius 1 is 0.411 bits per heavy atom. The summed E-state index contributed by atoms with van der Waals surface area (Å²) in [6.07, 6.45) is 2.33. The van der Waals surface area contributed by atoms with E-state index in [-0.39, 0.29) is 185 Å². The molecule has 129 heavy (non-hydrogen) atoms. The van der Waals surface area contributed by atoms with Gasteiger partial charge in [-0.15, -0.1) is 12.4 Å². The number of hydrogen-bond acceptors (Lipinski definition) is 33. The Balaban J connectivity index is -0.000000705. The second-order valence-corrected chi connectivity index (χ2v) is 30.2. The van der Waals surface area contributed by atoms with Gasteiger partial charge < -0.3 is 146 Å². The van der Waals surface area contributed by atoms with Crippen LogP contribution in [0.15, 0.2) is 134 Å². The minimum atomic E-state index is -1.11. The number of allylic oxidation sites excluding steroid dienone is 1. The number of halogens is 2. The van der Waals surface area contributed by atoms with E-state index in [0.717, 1.165) is 16.5 Å². The number of fused-ring (bicyclic) bond motifs is 6. The maximum Gasteiger partial charge on any atom is 1.00 e. The van der Waals surface area contributed by atoms with Crippen LogP contribution in [0.1, 0.15) is 89.5 Å². The average Bonchev–Trinajstić information content (AvgIpc) is 0.780. The molecule has 4 aromatic carbocycles. The quantitative estimate of drug-likeness (QED) is 0.00629. The molecule has 10 rings (SSSR count). The minimum Gasteiger partial charge on any atom is -0.870 e. The molecular formula is C91H138BrClKN7O28. The number of rotatable bonds is 52. The van der Waals surface area contributed by atoms with Crippen LogP contribution >= 0.6 is 28.3 Å². The van der Waals surface area contributed by atoms with Crippen molar-refractivity contribution in [1.29, 1.82) is 26.3 Å².